The number of aromatic nitrogens is 1. The fourth-order valence-corrected chi connectivity index (χ4v) is 4.25. The van der Waals surface area contributed by atoms with Crippen LogP contribution in [0.25, 0.3) is 22.8 Å². The van der Waals surface area contributed by atoms with Gasteiger partial charge in [-0.05, 0) is 60.9 Å². The minimum atomic E-state index is 0.347. The van der Waals surface area contributed by atoms with E-state index < -0.39 is 0 Å². The molecule has 0 aliphatic rings. The molecule has 154 valence electrons. The Kier molecular flexibility index (Phi) is 7.03. The molecule has 3 rings (SSSR count). The average Bonchev–Trinajstić information content (AvgIpc) is 2.68. The zero-order chi connectivity index (χ0) is 21.8. The quantitative estimate of drug-likeness (QED) is 0.428. The highest BCUT2D eigenvalue weighted by Gasteiger charge is 2.13. The van der Waals surface area contributed by atoms with Gasteiger partial charge in [-0.2, -0.15) is 0 Å². The molecule has 1 heterocycles. The van der Waals surface area contributed by atoms with Crippen molar-refractivity contribution in [2.45, 2.75) is 13.8 Å². The maximum Gasteiger partial charge on any atom is 0.124 e. The van der Waals surface area contributed by atoms with Crippen molar-refractivity contribution in [2.75, 3.05) is 12.8 Å². The number of nitrogen functional groups attached to an aromatic ring is 1. The first-order valence-electron chi connectivity index (χ1n) is 9.08. The minimum absolute atomic E-state index is 0.347. The van der Waals surface area contributed by atoms with E-state index in [1.165, 1.54) is 7.11 Å². The van der Waals surface area contributed by atoms with E-state index in [0.717, 1.165) is 27.5 Å². The number of oxime groups is 1. The van der Waals surface area contributed by atoms with Crippen LogP contribution < -0.4 is 16.3 Å². The van der Waals surface area contributed by atoms with E-state index in [9.17, 15) is 0 Å². The Labute approximate surface area is 190 Å². The number of nitrogens with zero attached hydrogens (tertiary/aromatic N) is 2. The second-order valence-corrected chi connectivity index (χ2v) is 7.89. The second kappa shape index (κ2) is 9.52. The molecule has 0 radical (unpaired) electrons. The van der Waals surface area contributed by atoms with E-state index in [1.54, 1.807) is 36.6 Å². The van der Waals surface area contributed by atoms with Crippen LogP contribution in [0.3, 0.4) is 0 Å². The zero-order valence-electron chi connectivity index (χ0n) is 16.7. The van der Waals surface area contributed by atoms with Crippen LogP contribution in [-0.2, 0) is 4.84 Å². The Morgan fingerprint density at radius 3 is 2.37 bits per heavy atom. The summed E-state index contributed by atoms with van der Waals surface area (Å²) in [5.41, 5.74) is 10.4. The topological polar surface area (TPSA) is 60.5 Å². The van der Waals surface area contributed by atoms with Gasteiger partial charge in [-0.3, -0.25) is 0 Å². The van der Waals surface area contributed by atoms with Crippen LogP contribution in [0.4, 0.5) is 5.82 Å². The van der Waals surface area contributed by atoms with Crippen molar-refractivity contribution in [3.05, 3.63) is 79.2 Å². The first-order chi connectivity index (χ1) is 14.3. The Bertz CT molecular complexity index is 1230. The Morgan fingerprint density at radius 2 is 1.73 bits per heavy atom. The van der Waals surface area contributed by atoms with E-state index in [-0.39, 0.29) is 0 Å². The van der Waals surface area contributed by atoms with Gasteiger partial charge in [0.25, 0.3) is 0 Å². The highest BCUT2D eigenvalue weighted by molar-refractivity contribution is 6.37. The Morgan fingerprint density at radius 1 is 1.03 bits per heavy atom. The SMILES string of the molecule is CO/N=C/C=c1/c(-c2ccc(C)cc2Cl)cc(N)n/c1=C(/C)c1c(Cl)cccc1Cl. The standard InChI is InChI=1S/C23H20Cl3N3O/c1-13-7-8-15(20(26)11-13)17-12-21(27)29-23(16(17)9-10-28-30-3)14(2)22-18(24)5-4-6-19(22)25/h4-12H,1-3H3,(H2,27,29)/b16-9-,23-14-,28-10+. The fraction of sp³-hybridized carbons (Fsp3) is 0.130. The summed E-state index contributed by atoms with van der Waals surface area (Å²) in [5.74, 6) is 0.347. The molecule has 0 spiro atoms. The maximum atomic E-state index is 6.57. The third-order valence-corrected chi connectivity index (χ3v) is 5.54. The molecule has 2 N–H and O–H groups in total. The van der Waals surface area contributed by atoms with Crippen LogP contribution in [0.5, 0.6) is 0 Å². The van der Waals surface area contributed by atoms with Crippen LogP contribution >= 0.6 is 34.8 Å². The summed E-state index contributed by atoms with van der Waals surface area (Å²) >= 11 is 19.5. The summed E-state index contributed by atoms with van der Waals surface area (Å²) in [7, 11) is 1.48. The number of halogens is 3. The molecule has 0 saturated carbocycles. The lowest BCUT2D eigenvalue weighted by Crippen LogP contribution is -2.33. The summed E-state index contributed by atoms with van der Waals surface area (Å²) in [5, 5.41) is 6.88. The summed E-state index contributed by atoms with van der Waals surface area (Å²) in [6, 6.07) is 13.0. The molecule has 3 aromatic rings. The molecule has 0 unspecified atom stereocenters. The number of hydrogen-bond donors (Lipinski definition) is 1. The maximum absolute atomic E-state index is 6.57. The number of rotatable bonds is 4. The molecule has 0 atom stereocenters. The van der Waals surface area contributed by atoms with Crippen molar-refractivity contribution in [3.63, 3.8) is 0 Å². The van der Waals surface area contributed by atoms with Crippen molar-refractivity contribution < 1.29 is 4.84 Å². The normalized spacial score (nSPS) is 13.1. The molecular formula is C23H20Cl3N3O. The van der Waals surface area contributed by atoms with Gasteiger partial charge in [-0.1, -0.05) is 58.2 Å². The number of nitrogens with two attached hydrogens (primary N) is 1. The monoisotopic (exact) mass is 459 g/mol. The third kappa shape index (κ3) is 4.62. The lowest BCUT2D eigenvalue weighted by Gasteiger charge is -2.11. The van der Waals surface area contributed by atoms with Gasteiger partial charge >= 0.3 is 0 Å². The Hall–Kier alpha value is -2.53. The van der Waals surface area contributed by atoms with Crippen LogP contribution in [0, 0.1) is 6.92 Å². The first kappa shape index (κ1) is 22.2. The molecule has 1 aromatic heterocycles. The van der Waals surface area contributed by atoms with Crippen molar-refractivity contribution in [1.29, 1.82) is 0 Å². The third-order valence-electron chi connectivity index (χ3n) is 4.59. The summed E-state index contributed by atoms with van der Waals surface area (Å²) in [6.45, 7) is 3.89. The molecule has 0 aliphatic heterocycles. The molecule has 30 heavy (non-hydrogen) atoms. The van der Waals surface area contributed by atoms with Crippen molar-refractivity contribution >= 4 is 58.5 Å². The van der Waals surface area contributed by atoms with Gasteiger partial charge in [0.2, 0.25) is 0 Å². The molecule has 4 nitrogen and oxygen atoms in total. The van der Waals surface area contributed by atoms with Gasteiger partial charge in [0.05, 0.1) is 11.6 Å². The molecule has 0 saturated heterocycles. The second-order valence-electron chi connectivity index (χ2n) is 6.67. The van der Waals surface area contributed by atoms with Crippen LogP contribution in [-0.4, -0.2) is 18.3 Å². The Balaban J connectivity index is 2.49. The van der Waals surface area contributed by atoms with E-state index in [2.05, 4.69) is 10.1 Å². The predicted molar refractivity (Wildman–Crippen MR) is 128 cm³/mol. The predicted octanol–water partition coefficient (Wildman–Crippen LogP) is 5.23. The van der Waals surface area contributed by atoms with Gasteiger partial charge < -0.3 is 10.6 Å². The molecule has 7 heteroatoms. The smallest absolute Gasteiger partial charge is 0.124 e. The zero-order valence-corrected chi connectivity index (χ0v) is 19.0. The van der Waals surface area contributed by atoms with E-state index in [4.69, 9.17) is 45.4 Å². The van der Waals surface area contributed by atoms with Crippen molar-refractivity contribution in [3.8, 4) is 11.1 Å². The number of aryl methyl sites for hydroxylation is 1. The summed E-state index contributed by atoms with van der Waals surface area (Å²) in [6.07, 6.45) is 3.34. The molecule has 0 aliphatic carbocycles. The van der Waals surface area contributed by atoms with Gasteiger partial charge in [-0.15, -0.1) is 0 Å². The number of hydrogen-bond acceptors (Lipinski definition) is 4. The fourth-order valence-electron chi connectivity index (χ4n) is 3.23. The van der Waals surface area contributed by atoms with Gasteiger partial charge in [0, 0.05) is 31.4 Å². The van der Waals surface area contributed by atoms with E-state index >= 15 is 0 Å². The van der Waals surface area contributed by atoms with Gasteiger partial charge in [0.15, 0.2) is 0 Å². The minimum Gasteiger partial charge on any atom is -0.399 e. The first-order valence-corrected chi connectivity index (χ1v) is 10.2. The molecular weight excluding hydrogens is 441 g/mol. The van der Waals surface area contributed by atoms with E-state index in [1.807, 2.05) is 32.0 Å². The molecule has 0 amide bonds. The number of pyridine rings is 1. The summed E-state index contributed by atoms with van der Waals surface area (Å²) < 4.78 is 0. The van der Waals surface area contributed by atoms with Gasteiger partial charge in [-0.25, -0.2) is 4.98 Å². The molecule has 2 aromatic carbocycles. The summed E-state index contributed by atoms with van der Waals surface area (Å²) in [4.78, 5) is 9.40. The van der Waals surface area contributed by atoms with Crippen LogP contribution in [0.2, 0.25) is 15.1 Å². The van der Waals surface area contributed by atoms with Gasteiger partial charge in [0.1, 0.15) is 12.9 Å². The van der Waals surface area contributed by atoms with Crippen molar-refractivity contribution in [1.82, 2.24) is 4.98 Å². The highest BCUT2D eigenvalue weighted by atomic mass is 35.5. The molecule has 0 bridgehead atoms. The lowest BCUT2D eigenvalue weighted by molar-refractivity contribution is 0.216. The average molecular weight is 461 g/mol. The van der Waals surface area contributed by atoms with E-state index in [0.29, 0.717) is 31.8 Å². The molecule has 0 fully saturated rings. The van der Waals surface area contributed by atoms with Crippen molar-refractivity contribution in [2.24, 2.45) is 5.16 Å². The largest absolute Gasteiger partial charge is 0.399 e. The lowest BCUT2D eigenvalue weighted by atomic mass is 9.99. The van der Waals surface area contributed by atoms with Crippen LogP contribution in [0.1, 0.15) is 18.1 Å². The number of benzene rings is 2. The van der Waals surface area contributed by atoms with Crippen LogP contribution in [0.15, 0.2) is 47.6 Å². The highest BCUT2D eigenvalue weighted by Crippen LogP contribution is 2.30. The number of anilines is 1.